The molecule has 2 saturated heterocycles. The zero-order valence-electron chi connectivity index (χ0n) is 16.7. The number of fused-ring (bicyclic) bond motifs is 1. The number of β-lactam (4-membered cyclic amide) rings is 1. The number of likely N-dealkylation sites (tertiary alicyclic amines) is 1. The van der Waals surface area contributed by atoms with Gasteiger partial charge in [0.1, 0.15) is 5.70 Å². The fraction of sp³-hybridized carbons (Fsp3) is 0.750. The molecule has 0 aromatic carbocycles. The van der Waals surface area contributed by atoms with E-state index in [0.717, 1.165) is 43.9 Å². The number of thioether (sulfide) groups is 1. The van der Waals surface area contributed by atoms with Crippen molar-refractivity contribution < 1.29 is 19.8 Å². The van der Waals surface area contributed by atoms with E-state index in [-0.39, 0.29) is 23.6 Å². The van der Waals surface area contributed by atoms with Gasteiger partial charge >= 0.3 is 5.97 Å². The number of aliphatic hydroxyl groups is 1. The van der Waals surface area contributed by atoms with Crippen LogP contribution in [-0.4, -0.2) is 81.2 Å². The SMILES string of the molecule is CC1=NCCC(CN2CC(SC3=C(C(=O)O)N4C(=O)[C@H]([C@@H](C)O)[C@H]4[C@H]3C)C2)C1. The predicted molar refractivity (Wildman–Crippen MR) is 108 cm³/mol. The van der Waals surface area contributed by atoms with Gasteiger partial charge in [-0.2, -0.15) is 0 Å². The summed E-state index contributed by atoms with van der Waals surface area (Å²) in [5.74, 6) is -1.16. The summed E-state index contributed by atoms with van der Waals surface area (Å²) in [6.45, 7) is 9.63. The summed E-state index contributed by atoms with van der Waals surface area (Å²) < 4.78 is 0. The van der Waals surface area contributed by atoms with Crippen molar-refractivity contribution in [1.29, 1.82) is 0 Å². The van der Waals surface area contributed by atoms with Crippen LogP contribution in [0.15, 0.2) is 15.6 Å². The molecular formula is C20H29N3O4S. The topological polar surface area (TPSA) is 93.4 Å². The number of aliphatic hydroxyl groups excluding tert-OH is 1. The van der Waals surface area contributed by atoms with Gasteiger partial charge in [-0.25, -0.2) is 4.79 Å². The molecule has 8 heteroatoms. The highest BCUT2D eigenvalue weighted by Gasteiger charge is 2.60. The normalized spacial score (nSPS) is 34.6. The van der Waals surface area contributed by atoms with Crippen LogP contribution in [-0.2, 0) is 9.59 Å². The average Bonchev–Trinajstić information content (AvgIpc) is 2.82. The first-order chi connectivity index (χ1) is 13.3. The molecular weight excluding hydrogens is 378 g/mol. The number of carbonyl (C=O) groups excluding carboxylic acids is 1. The van der Waals surface area contributed by atoms with Gasteiger partial charge in [0, 0.05) is 48.0 Å². The molecule has 4 heterocycles. The number of amides is 1. The first kappa shape index (κ1) is 19.9. The van der Waals surface area contributed by atoms with Crippen LogP contribution in [0.25, 0.3) is 0 Å². The lowest BCUT2D eigenvalue weighted by Gasteiger charge is -2.46. The fourth-order valence-corrected chi connectivity index (χ4v) is 6.73. The van der Waals surface area contributed by atoms with Gasteiger partial charge in [-0.05, 0) is 32.6 Å². The fourth-order valence-electron chi connectivity index (χ4n) is 5.15. The van der Waals surface area contributed by atoms with Crippen LogP contribution < -0.4 is 0 Å². The monoisotopic (exact) mass is 407 g/mol. The largest absolute Gasteiger partial charge is 0.477 e. The highest BCUT2D eigenvalue weighted by atomic mass is 32.2. The molecule has 28 heavy (non-hydrogen) atoms. The van der Waals surface area contributed by atoms with E-state index in [2.05, 4.69) is 16.8 Å². The Labute approximate surface area is 169 Å². The van der Waals surface area contributed by atoms with Crippen molar-refractivity contribution in [3.05, 3.63) is 10.6 Å². The molecule has 7 nitrogen and oxygen atoms in total. The van der Waals surface area contributed by atoms with E-state index < -0.39 is 18.0 Å². The van der Waals surface area contributed by atoms with Crippen molar-refractivity contribution in [3.8, 4) is 0 Å². The van der Waals surface area contributed by atoms with Gasteiger partial charge in [-0.1, -0.05) is 6.92 Å². The number of aliphatic carboxylic acids is 1. The molecule has 0 aliphatic carbocycles. The quantitative estimate of drug-likeness (QED) is 0.647. The zero-order valence-corrected chi connectivity index (χ0v) is 17.5. The van der Waals surface area contributed by atoms with Crippen molar-refractivity contribution in [2.75, 3.05) is 26.2 Å². The van der Waals surface area contributed by atoms with Crippen molar-refractivity contribution in [3.63, 3.8) is 0 Å². The van der Waals surface area contributed by atoms with Crippen LogP contribution >= 0.6 is 11.8 Å². The Morgan fingerprint density at radius 1 is 1.39 bits per heavy atom. The number of nitrogens with zero attached hydrogens (tertiary/aromatic N) is 3. The molecule has 0 aromatic rings. The molecule has 4 rings (SSSR count). The highest BCUT2D eigenvalue weighted by molar-refractivity contribution is 8.03. The second-order valence-electron chi connectivity index (χ2n) is 8.71. The second kappa shape index (κ2) is 7.46. The first-order valence-corrected chi connectivity index (χ1v) is 11.0. The number of carboxylic acid groups (broad SMARTS) is 1. The van der Waals surface area contributed by atoms with E-state index in [1.807, 2.05) is 6.92 Å². The van der Waals surface area contributed by atoms with E-state index >= 15 is 0 Å². The molecule has 0 radical (unpaired) electrons. The molecule has 0 saturated carbocycles. The second-order valence-corrected chi connectivity index (χ2v) is 10.0. The summed E-state index contributed by atoms with van der Waals surface area (Å²) in [6.07, 6.45) is 1.48. The molecule has 4 aliphatic rings. The standard InChI is InChI=1S/C20H29N3O4S/c1-10-6-13(4-5-21-10)7-22-8-14(9-22)28-18-11(2)16-15(12(3)24)19(25)23(16)17(18)20(26)27/h11-16,24H,4-9H2,1-3H3,(H,26,27)/t11-,12-,13?,15-,16-/m1/s1. The molecule has 0 aromatic heterocycles. The lowest BCUT2D eigenvalue weighted by molar-refractivity contribution is -0.163. The minimum absolute atomic E-state index is 0.0420. The third-order valence-electron chi connectivity index (χ3n) is 6.55. The average molecular weight is 408 g/mol. The van der Waals surface area contributed by atoms with E-state index in [4.69, 9.17) is 0 Å². The van der Waals surface area contributed by atoms with Crippen molar-refractivity contribution in [2.24, 2.45) is 22.7 Å². The maximum absolute atomic E-state index is 12.4. The van der Waals surface area contributed by atoms with Crippen LogP contribution in [0.5, 0.6) is 0 Å². The molecule has 5 atom stereocenters. The lowest BCUT2D eigenvalue weighted by Crippen LogP contribution is -2.63. The van der Waals surface area contributed by atoms with E-state index in [1.165, 1.54) is 10.6 Å². The molecule has 0 spiro atoms. The molecule has 0 bridgehead atoms. The minimum atomic E-state index is -1.04. The summed E-state index contributed by atoms with van der Waals surface area (Å²) in [5, 5.41) is 20.0. The number of hydrogen-bond donors (Lipinski definition) is 2. The van der Waals surface area contributed by atoms with Crippen molar-refractivity contribution in [1.82, 2.24) is 9.80 Å². The molecule has 4 aliphatic heterocycles. The van der Waals surface area contributed by atoms with E-state index in [1.54, 1.807) is 18.7 Å². The predicted octanol–water partition coefficient (Wildman–Crippen LogP) is 1.43. The van der Waals surface area contributed by atoms with Crippen LogP contribution in [0.1, 0.15) is 33.6 Å². The van der Waals surface area contributed by atoms with Gasteiger partial charge in [0.25, 0.3) is 0 Å². The Kier molecular flexibility index (Phi) is 5.31. The Hall–Kier alpha value is -1.38. The van der Waals surface area contributed by atoms with Crippen LogP contribution in [0.3, 0.4) is 0 Å². The number of hydrogen-bond acceptors (Lipinski definition) is 6. The third-order valence-corrected chi connectivity index (χ3v) is 8.00. The van der Waals surface area contributed by atoms with Gasteiger partial charge in [-0.3, -0.25) is 9.79 Å². The van der Waals surface area contributed by atoms with Gasteiger partial charge in [-0.15, -0.1) is 11.8 Å². The lowest BCUT2D eigenvalue weighted by atomic mass is 9.79. The number of rotatable bonds is 6. The van der Waals surface area contributed by atoms with Crippen molar-refractivity contribution in [2.45, 2.75) is 51.0 Å². The summed E-state index contributed by atoms with van der Waals surface area (Å²) >= 11 is 1.63. The summed E-state index contributed by atoms with van der Waals surface area (Å²) in [4.78, 5) is 33.4. The number of carbonyl (C=O) groups is 2. The maximum atomic E-state index is 12.4. The van der Waals surface area contributed by atoms with Gasteiger partial charge in [0.15, 0.2) is 0 Å². The van der Waals surface area contributed by atoms with Gasteiger partial charge in [0.2, 0.25) is 5.91 Å². The third kappa shape index (κ3) is 3.29. The maximum Gasteiger partial charge on any atom is 0.353 e. The number of aliphatic imine (C=N–C) groups is 1. The first-order valence-electron chi connectivity index (χ1n) is 10.2. The van der Waals surface area contributed by atoms with Crippen LogP contribution in [0, 0.1) is 17.8 Å². The molecule has 1 unspecified atom stereocenters. The molecule has 1 amide bonds. The zero-order chi connectivity index (χ0) is 20.2. The van der Waals surface area contributed by atoms with Gasteiger partial charge in [0.05, 0.1) is 18.1 Å². The minimum Gasteiger partial charge on any atom is -0.477 e. The molecule has 154 valence electrons. The van der Waals surface area contributed by atoms with Gasteiger partial charge < -0.3 is 20.0 Å². The van der Waals surface area contributed by atoms with Crippen LogP contribution in [0.4, 0.5) is 0 Å². The highest BCUT2D eigenvalue weighted by Crippen LogP contribution is 2.51. The smallest absolute Gasteiger partial charge is 0.353 e. The Bertz CT molecular complexity index is 744. The van der Waals surface area contributed by atoms with Crippen LogP contribution in [0.2, 0.25) is 0 Å². The Morgan fingerprint density at radius 2 is 2.11 bits per heavy atom. The number of carboxylic acids is 1. The van der Waals surface area contributed by atoms with E-state index in [0.29, 0.717) is 11.2 Å². The molecule has 2 N–H and O–H groups in total. The summed E-state index contributed by atoms with van der Waals surface area (Å²) in [7, 11) is 0. The summed E-state index contributed by atoms with van der Waals surface area (Å²) in [6, 6.07) is -0.221. The Balaban J connectivity index is 1.38. The summed E-state index contributed by atoms with van der Waals surface area (Å²) in [5.41, 5.74) is 1.39. The Morgan fingerprint density at radius 3 is 2.71 bits per heavy atom. The van der Waals surface area contributed by atoms with E-state index in [9.17, 15) is 19.8 Å². The molecule has 2 fully saturated rings. The van der Waals surface area contributed by atoms with Crippen molar-refractivity contribution >= 4 is 29.4 Å².